The zero-order valence-corrected chi connectivity index (χ0v) is 26.4. The van der Waals surface area contributed by atoms with Crippen molar-refractivity contribution in [3.63, 3.8) is 0 Å². The minimum atomic E-state index is -0.914. The highest BCUT2D eigenvalue weighted by atomic mass is 16.6. The van der Waals surface area contributed by atoms with E-state index < -0.39 is 17.1 Å². The van der Waals surface area contributed by atoms with E-state index in [0.717, 1.165) is 52.8 Å². The molecule has 1 aliphatic carbocycles. The second kappa shape index (κ2) is 11.9. The van der Waals surface area contributed by atoms with Gasteiger partial charge in [-0.05, 0) is 63.9 Å². The number of Topliss-reactive ketones (excluding diaryl/α,β-unsaturated/α-hetero) is 1. The number of fused-ring (bicyclic) bond motifs is 4. The van der Waals surface area contributed by atoms with E-state index in [1.54, 1.807) is 4.57 Å². The molecule has 3 heterocycles. The van der Waals surface area contributed by atoms with Crippen molar-refractivity contribution in [2.24, 2.45) is 11.8 Å². The van der Waals surface area contributed by atoms with E-state index in [-0.39, 0.29) is 36.9 Å². The predicted molar refractivity (Wildman–Crippen MR) is 173 cm³/mol. The van der Waals surface area contributed by atoms with Gasteiger partial charge in [-0.1, -0.05) is 78.9 Å². The van der Waals surface area contributed by atoms with Gasteiger partial charge in [0.25, 0.3) is 0 Å². The molecule has 0 radical (unpaired) electrons. The Hall–Kier alpha value is -3.78. The average Bonchev–Trinajstić information content (AvgIpc) is 3.53. The molecule has 0 saturated carbocycles. The maximum atomic E-state index is 14.7. The summed E-state index contributed by atoms with van der Waals surface area (Å²) < 4.78 is 21.1. The van der Waals surface area contributed by atoms with Crippen molar-refractivity contribution in [3.05, 3.63) is 107 Å². The van der Waals surface area contributed by atoms with Crippen LogP contribution in [0.25, 0.3) is 10.9 Å². The van der Waals surface area contributed by atoms with Gasteiger partial charge in [-0.2, -0.15) is 0 Å². The molecule has 0 spiro atoms. The summed E-state index contributed by atoms with van der Waals surface area (Å²) >= 11 is 0. The lowest BCUT2D eigenvalue weighted by Crippen LogP contribution is -2.51. The summed E-state index contributed by atoms with van der Waals surface area (Å²) in [6.07, 6.45) is 1.06. The molecule has 0 amide bonds. The first-order valence-corrected chi connectivity index (χ1v) is 16.2. The van der Waals surface area contributed by atoms with Gasteiger partial charge in [-0.3, -0.25) is 9.69 Å². The SMILES string of the molecule is CC(C)(C)OC(=O)n1c2c(c3ccccc31)C1C3CCN1CCC(C3=O)C2(COCc1ccccc1)COCc1ccccc1. The van der Waals surface area contributed by atoms with E-state index in [2.05, 4.69) is 11.0 Å². The Bertz CT molecular complexity index is 1640. The van der Waals surface area contributed by atoms with Gasteiger partial charge in [-0.15, -0.1) is 0 Å². The first-order chi connectivity index (χ1) is 21.8. The number of hydrogen-bond donors (Lipinski definition) is 0. The number of benzene rings is 3. The number of para-hydroxylation sites is 1. The monoisotopic (exact) mass is 606 g/mol. The van der Waals surface area contributed by atoms with Gasteiger partial charge < -0.3 is 14.2 Å². The molecule has 2 aliphatic heterocycles. The fraction of sp³-hybridized carbons (Fsp3) is 0.421. The van der Waals surface area contributed by atoms with Crippen LogP contribution >= 0.6 is 0 Å². The Morgan fingerprint density at radius 1 is 0.822 bits per heavy atom. The van der Waals surface area contributed by atoms with Crippen LogP contribution in [0.1, 0.15) is 62.0 Å². The third-order valence-electron chi connectivity index (χ3n) is 9.78. The number of carbonyl (C=O) groups is 2. The molecule has 2 fully saturated rings. The molecule has 3 aromatic carbocycles. The smallest absolute Gasteiger partial charge is 0.419 e. The Balaban J connectivity index is 1.43. The van der Waals surface area contributed by atoms with Gasteiger partial charge in [0, 0.05) is 34.5 Å². The molecule has 45 heavy (non-hydrogen) atoms. The molecular weight excluding hydrogens is 564 g/mol. The third kappa shape index (κ3) is 5.41. The Kier molecular flexibility index (Phi) is 7.88. The number of hydrogen-bond acceptors (Lipinski definition) is 6. The van der Waals surface area contributed by atoms with Crippen molar-refractivity contribution in [1.29, 1.82) is 0 Å². The summed E-state index contributed by atoms with van der Waals surface area (Å²) in [5, 5.41) is 0.992. The molecule has 4 aromatic rings. The van der Waals surface area contributed by atoms with E-state index in [1.807, 2.05) is 99.6 Å². The highest BCUT2D eigenvalue weighted by molar-refractivity contribution is 5.98. The zero-order chi connectivity index (χ0) is 31.2. The summed E-state index contributed by atoms with van der Waals surface area (Å²) in [4.78, 5) is 31.5. The second-order valence-corrected chi connectivity index (χ2v) is 13.8. The van der Waals surface area contributed by atoms with Gasteiger partial charge in [0.05, 0.1) is 37.4 Å². The Morgan fingerprint density at radius 2 is 1.40 bits per heavy atom. The van der Waals surface area contributed by atoms with E-state index in [4.69, 9.17) is 14.2 Å². The molecule has 0 N–H and O–H groups in total. The largest absolute Gasteiger partial charge is 0.443 e. The molecular formula is C38H42N2O5. The third-order valence-corrected chi connectivity index (χ3v) is 9.78. The summed E-state index contributed by atoms with van der Waals surface area (Å²) in [5.41, 5.74) is 3.16. The normalized spacial score (nSPS) is 23.5. The number of rotatable bonds is 8. The van der Waals surface area contributed by atoms with Gasteiger partial charge in [-0.25, -0.2) is 9.36 Å². The van der Waals surface area contributed by atoms with Crippen LogP contribution in [0.3, 0.4) is 0 Å². The number of carbonyl (C=O) groups excluding carboxylic acids is 2. The van der Waals surface area contributed by atoms with Crippen LogP contribution in [-0.4, -0.2) is 53.2 Å². The molecule has 7 rings (SSSR count). The first-order valence-electron chi connectivity index (χ1n) is 16.2. The molecule has 7 heteroatoms. The second-order valence-electron chi connectivity index (χ2n) is 13.8. The summed E-state index contributed by atoms with van der Waals surface area (Å²) in [7, 11) is 0. The minimum absolute atomic E-state index is 0.101. The standard InChI is InChI=1S/C38H42N2O5/c1-37(2,3)45-36(42)40-31-17-11-10-16-28(31)32-33-29-18-20-39(33)21-19-30(34(29)41)38(35(32)40,24-43-22-26-12-6-4-7-13-26)25-44-23-27-14-8-5-9-15-27/h4-17,29-30,33H,18-25H2,1-3H3. The number of ketones is 1. The van der Waals surface area contributed by atoms with Crippen LogP contribution in [-0.2, 0) is 37.6 Å². The summed E-state index contributed by atoms with van der Waals surface area (Å²) in [6.45, 7) is 8.61. The van der Waals surface area contributed by atoms with Crippen LogP contribution in [0.4, 0.5) is 4.79 Å². The van der Waals surface area contributed by atoms with Crippen LogP contribution < -0.4 is 0 Å². The van der Waals surface area contributed by atoms with Crippen molar-refractivity contribution < 1.29 is 23.8 Å². The molecule has 3 aliphatic rings. The summed E-state index contributed by atoms with van der Waals surface area (Å²) in [6, 6.07) is 28.1. The van der Waals surface area contributed by atoms with Crippen LogP contribution in [0.2, 0.25) is 0 Å². The zero-order valence-electron chi connectivity index (χ0n) is 26.4. The van der Waals surface area contributed by atoms with E-state index in [0.29, 0.717) is 19.6 Å². The number of aromatic nitrogens is 1. The van der Waals surface area contributed by atoms with Crippen molar-refractivity contribution in [1.82, 2.24) is 9.47 Å². The molecule has 7 nitrogen and oxygen atoms in total. The number of nitrogens with zero attached hydrogens (tertiary/aromatic N) is 2. The van der Waals surface area contributed by atoms with Crippen molar-refractivity contribution in [2.45, 2.75) is 63.9 Å². The highest BCUT2D eigenvalue weighted by Crippen LogP contribution is 2.56. The van der Waals surface area contributed by atoms with E-state index in [9.17, 15) is 9.59 Å². The van der Waals surface area contributed by atoms with Crippen molar-refractivity contribution in [3.8, 4) is 0 Å². The maximum absolute atomic E-state index is 14.7. The van der Waals surface area contributed by atoms with Crippen molar-refractivity contribution in [2.75, 3.05) is 26.3 Å². The summed E-state index contributed by atoms with van der Waals surface area (Å²) in [5.74, 6) is -0.254. The Labute approximate surface area is 265 Å². The fourth-order valence-corrected chi connectivity index (χ4v) is 7.98. The lowest BCUT2D eigenvalue weighted by molar-refractivity contribution is -0.132. The Morgan fingerprint density at radius 3 is 2.02 bits per heavy atom. The minimum Gasteiger partial charge on any atom is -0.443 e. The average molecular weight is 607 g/mol. The molecule has 4 atom stereocenters. The van der Waals surface area contributed by atoms with Gasteiger partial charge in [0.15, 0.2) is 0 Å². The predicted octanol–water partition coefficient (Wildman–Crippen LogP) is 7.06. The quantitative estimate of drug-likeness (QED) is 0.214. The fourth-order valence-electron chi connectivity index (χ4n) is 7.98. The van der Waals surface area contributed by atoms with Crippen molar-refractivity contribution >= 4 is 22.8 Å². The van der Waals surface area contributed by atoms with E-state index >= 15 is 0 Å². The molecule has 4 unspecified atom stereocenters. The lowest BCUT2D eigenvalue weighted by Gasteiger charge is -2.42. The molecule has 1 aromatic heterocycles. The molecule has 2 saturated heterocycles. The number of ether oxygens (including phenoxy) is 3. The molecule has 4 bridgehead atoms. The van der Waals surface area contributed by atoms with Gasteiger partial charge in [0.2, 0.25) is 0 Å². The molecule has 234 valence electrons. The van der Waals surface area contributed by atoms with Gasteiger partial charge in [0.1, 0.15) is 11.4 Å². The topological polar surface area (TPSA) is 70.0 Å². The highest BCUT2D eigenvalue weighted by Gasteiger charge is 2.59. The van der Waals surface area contributed by atoms with Gasteiger partial charge >= 0.3 is 6.09 Å². The first kappa shape index (κ1) is 29.9. The maximum Gasteiger partial charge on any atom is 0.419 e. The van der Waals surface area contributed by atoms with E-state index in [1.165, 1.54) is 0 Å². The lowest BCUT2D eigenvalue weighted by atomic mass is 9.69. The van der Waals surface area contributed by atoms with Crippen LogP contribution in [0.15, 0.2) is 84.9 Å². The van der Waals surface area contributed by atoms with Crippen LogP contribution in [0.5, 0.6) is 0 Å². The van der Waals surface area contributed by atoms with Crippen LogP contribution in [0, 0.1) is 11.8 Å².